The fourth-order valence-corrected chi connectivity index (χ4v) is 3.47. The number of aromatic nitrogens is 1. The summed E-state index contributed by atoms with van der Waals surface area (Å²) in [5.74, 6) is 0.470. The zero-order chi connectivity index (χ0) is 22.4. The Morgan fingerprint density at radius 3 is 2.32 bits per heavy atom. The summed E-state index contributed by atoms with van der Waals surface area (Å²) >= 11 is 0. The zero-order valence-electron chi connectivity index (χ0n) is 18.2. The number of hydrogen-bond acceptors (Lipinski definition) is 6. The van der Waals surface area contributed by atoms with Crippen LogP contribution in [0.1, 0.15) is 36.5 Å². The Balaban J connectivity index is 1.97. The first-order valence-corrected chi connectivity index (χ1v) is 10.1. The van der Waals surface area contributed by atoms with Gasteiger partial charge in [0.2, 0.25) is 11.6 Å². The van der Waals surface area contributed by atoms with Crippen LogP contribution in [-0.4, -0.2) is 36.9 Å². The second-order valence-electron chi connectivity index (χ2n) is 6.97. The van der Waals surface area contributed by atoms with E-state index in [0.29, 0.717) is 23.8 Å². The number of azo groups is 1. The number of rotatable bonds is 9. The lowest BCUT2D eigenvalue weighted by Gasteiger charge is -2.12. The molecule has 1 amide bonds. The molecule has 1 heterocycles. The molecular formula is C23H27N3O5. The predicted molar refractivity (Wildman–Crippen MR) is 118 cm³/mol. The number of nitrogens with zero attached hydrogens (tertiary/aromatic N) is 3. The average Bonchev–Trinajstić information content (AvgIpc) is 3.07. The first-order valence-electron chi connectivity index (χ1n) is 10.1. The third-order valence-corrected chi connectivity index (χ3v) is 5.06. The molecule has 0 aliphatic heterocycles. The molecule has 1 aromatic heterocycles. The SMILES string of the molecule is CCCCCn1c(O)c(N=NC(=O)c2cc(OC)c(OC)c(OC)c2)c2ccccc21. The van der Waals surface area contributed by atoms with Crippen molar-refractivity contribution in [2.24, 2.45) is 10.2 Å². The molecule has 0 bridgehead atoms. The van der Waals surface area contributed by atoms with Gasteiger partial charge in [-0.05, 0) is 24.6 Å². The van der Waals surface area contributed by atoms with Crippen molar-refractivity contribution in [2.45, 2.75) is 32.7 Å². The van der Waals surface area contributed by atoms with E-state index in [1.807, 2.05) is 28.8 Å². The quantitative estimate of drug-likeness (QED) is 0.361. The fourth-order valence-electron chi connectivity index (χ4n) is 3.47. The van der Waals surface area contributed by atoms with Crippen molar-refractivity contribution >= 4 is 22.5 Å². The van der Waals surface area contributed by atoms with Crippen LogP contribution in [0.25, 0.3) is 10.9 Å². The van der Waals surface area contributed by atoms with Gasteiger partial charge in [-0.2, -0.15) is 0 Å². The van der Waals surface area contributed by atoms with E-state index in [4.69, 9.17) is 14.2 Å². The van der Waals surface area contributed by atoms with Crippen LogP contribution in [0.4, 0.5) is 5.69 Å². The van der Waals surface area contributed by atoms with Gasteiger partial charge in [0.15, 0.2) is 17.2 Å². The number of hydrogen-bond donors (Lipinski definition) is 1. The lowest BCUT2D eigenvalue weighted by Crippen LogP contribution is -2.00. The van der Waals surface area contributed by atoms with E-state index < -0.39 is 5.91 Å². The molecule has 0 fully saturated rings. The van der Waals surface area contributed by atoms with E-state index in [1.54, 1.807) is 0 Å². The van der Waals surface area contributed by atoms with Gasteiger partial charge in [-0.1, -0.05) is 38.0 Å². The van der Waals surface area contributed by atoms with E-state index in [0.717, 1.165) is 30.2 Å². The summed E-state index contributed by atoms with van der Waals surface area (Å²) in [6.45, 7) is 2.79. The maximum atomic E-state index is 12.7. The molecule has 2 aromatic carbocycles. The highest BCUT2D eigenvalue weighted by atomic mass is 16.5. The minimum Gasteiger partial charge on any atom is -0.493 e. The molecule has 0 aliphatic rings. The largest absolute Gasteiger partial charge is 0.493 e. The summed E-state index contributed by atoms with van der Waals surface area (Å²) in [7, 11) is 4.43. The molecule has 3 rings (SSSR count). The normalized spacial score (nSPS) is 11.2. The number of fused-ring (bicyclic) bond motifs is 1. The highest BCUT2D eigenvalue weighted by molar-refractivity contribution is 5.98. The predicted octanol–water partition coefficient (Wildman–Crippen LogP) is 5.49. The number of carbonyl (C=O) groups excluding carboxylic acids is 1. The maximum Gasteiger partial charge on any atom is 0.295 e. The third-order valence-electron chi connectivity index (χ3n) is 5.06. The van der Waals surface area contributed by atoms with Crippen molar-refractivity contribution in [1.29, 1.82) is 0 Å². The highest BCUT2D eigenvalue weighted by Crippen LogP contribution is 2.40. The molecule has 0 spiro atoms. The second-order valence-corrected chi connectivity index (χ2v) is 6.97. The monoisotopic (exact) mass is 425 g/mol. The van der Waals surface area contributed by atoms with Gasteiger partial charge in [-0.25, -0.2) is 0 Å². The van der Waals surface area contributed by atoms with Gasteiger partial charge in [0.1, 0.15) is 0 Å². The molecule has 0 unspecified atom stereocenters. The molecule has 1 N–H and O–H groups in total. The number of aromatic hydroxyl groups is 1. The number of benzene rings is 2. The van der Waals surface area contributed by atoms with Crippen molar-refractivity contribution in [3.8, 4) is 23.1 Å². The van der Waals surface area contributed by atoms with Crippen LogP contribution in [0.15, 0.2) is 46.6 Å². The molecule has 0 saturated heterocycles. The van der Waals surface area contributed by atoms with Crippen molar-refractivity contribution in [3.63, 3.8) is 0 Å². The van der Waals surface area contributed by atoms with Gasteiger partial charge in [-0.3, -0.25) is 4.79 Å². The number of carbonyl (C=O) groups is 1. The third kappa shape index (κ3) is 4.47. The highest BCUT2D eigenvalue weighted by Gasteiger charge is 2.19. The van der Waals surface area contributed by atoms with Crippen molar-refractivity contribution in [3.05, 3.63) is 42.0 Å². The minimum atomic E-state index is -0.596. The number of aryl methyl sites for hydroxylation is 1. The lowest BCUT2D eigenvalue weighted by molar-refractivity contribution is 0.0994. The van der Waals surface area contributed by atoms with Crippen LogP contribution in [-0.2, 0) is 6.54 Å². The van der Waals surface area contributed by atoms with Crippen LogP contribution in [0, 0.1) is 0 Å². The fraction of sp³-hybridized carbons (Fsp3) is 0.348. The number of para-hydroxylation sites is 1. The van der Waals surface area contributed by atoms with Gasteiger partial charge in [0.25, 0.3) is 5.91 Å². The Morgan fingerprint density at radius 1 is 1.03 bits per heavy atom. The van der Waals surface area contributed by atoms with E-state index in [9.17, 15) is 9.90 Å². The molecule has 0 radical (unpaired) electrons. The number of ether oxygens (including phenoxy) is 3. The first-order chi connectivity index (χ1) is 15.0. The molecule has 31 heavy (non-hydrogen) atoms. The summed E-state index contributed by atoms with van der Waals surface area (Å²) < 4.78 is 17.7. The van der Waals surface area contributed by atoms with Crippen LogP contribution in [0.5, 0.6) is 23.1 Å². The number of unbranched alkanes of at least 4 members (excludes halogenated alkanes) is 2. The molecular weight excluding hydrogens is 398 g/mol. The zero-order valence-corrected chi connectivity index (χ0v) is 18.2. The minimum absolute atomic E-state index is 0.00116. The van der Waals surface area contributed by atoms with Gasteiger partial charge < -0.3 is 23.9 Å². The Kier molecular flexibility index (Phi) is 7.12. The Labute approximate surface area is 181 Å². The van der Waals surface area contributed by atoms with E-state index in [-0.39, 0.29) is 17.1 Å². The molecule has 8 nitrogen and oxygen atoms in total. The van der Waals surface area contributed by atoms with Crippen LogP contribution >= 0.6 is 0 Å². The van der Waals surface area contributed by atoms with Crippen LogP contribution < -0.4 is 14.2 Å². The topological polar surface area (TPSA) is 94.6 Å². The number of amides is 1. The average molecular weight is 425 g/mol. The lowest BCUT2D eigenvalue weighted by atomic mass is 10.1. The van der Waals surface area contributed by atoms with Gasteiger partial charge in [0, 0.05) is 11.9 Å². The second kappa shape index (κ2) is 9.97. The van der Waals surface area contributed by atoms with Crippen LogP contribution in [0.2, 0.25) is 0 Å². The summed E-state index contributed by atoms with van der Waals surface area (Å²) in [6, 6.07) is 10.6. The van der Waals surface area contributed by atoms with Crippen LogP contribution in [0.3, 0.4) is 0 Å². The molecule has 0 saturated carbocycles. The van der Waals surface area contributed by atoms with Crippen molar-refractivity contribution < 1.29 is 24.1 Å². The number of methoxy groups -OCH3 is 3. The standard InChI is InChI=1S/C23H27N3O5/c1-5-6-9-12-26-17-11-8-7-10-16(17)20(23(26)28)24-25-22(27)15-13-18(29-2)21(31-4)19(14-15)30-3/h7-8,10-11,13-14,28H,5-6,9,12H2,1-4H3. The summed E-state index contributed by atoms with van der Waals surface area (Å²) in [4.78, 5) is 12.7. The van der Waals surface area contributed by atoms with Crippen molar-refractivity contribution in [1.82, 2.24) is 4.57 Å². The molecule has 8 heteroatoms. The maximum absolute atomic E-state index is 12.7. The smallest absolute Gasteiger partial charge is 0.295 e. The summed E-state index contributed by atoms with van der Waals surface area (Å²) in [5, 5.41) is 19.5. The van der Waals surface area contributed by atoms with Crippen molar-refractivity contribution in [2.75, 3.05) is 21.3 Å². The molecule has 0 aliphatic carbocycles. The molecule has 0 atom stereocenters. The summed E-state index contributed by atoms with van der Waals surface area (Å²) in [6.07, 6.45) is 3.07. The Hall–Kier alpha value is -3.55. The molecule has 164 valence electrons. The Morgan fingerprint density at radius 2 is 1.71 bits per heavy atom. The first kappa shape index (κ1) is 22.1. The van der Waals surface area contributed by atoms with E-state index >= 15 is 0 Å². The van der Waals surface area contributed by atoms with E-state index in [1.165, 1.54) is 33.5 Å². The molecule has 3 aromatic rings. The van der Waals surface area contributed by atoms with Gasteiger partial charge in [0.05, 0.1) is 32.4 Å². The Bertz CT molecular complexity index is 1080. The van der Waals surface area contributed by atoms with Gasteiger partial charge in [-0.15, -0.1) is 10.2 Å². The summed E-state index contributed by atoms with van der Waals surface area (Å²) in [5.41, 5.74) is 1.35. The van der Waals surface area contributed by atoms with Gasteiger partial charge >= 0.3 is 0 Å². The van der Waals surface area contributed by atoms with E-state index in [2.05, 4.69) is 17.2 Å².